The molecular formula is C14H18N2O3. The summed E-state index contributed by atoms with van der Waals surface area (Å²) in [5, 5.41) is 8.90. The largest absolute Gasteiger partial charge is 0.495 e. The molecule has 0 radical (unpaired) electrons. The number of carbonyl (C=O) groups excluding carboxylic acids is 1. The standard InChI is InChI=1S/C14H18N2O3/c1-16(7-6-14(17)19-3)10-11-4-5-12(9-15)13(8-11)18-2/h4-5,8H,6-7,10H2,1-3H3. The molecule has 0 atom stereocenters. The predicted molar refractivity (Wildman–Crippen MR) is 70.7 cm³/mol. The van der Waals surface area contributed by atoms with Crippen LogP contribution in [0.3, 0.4) is 0 Å². The van der Waals surface area contributed by atoms with E-state index in [2.05, 4.69) is 10.8 Å². The first kappa shape index (κ1) is 15.0. The number of hydrogen-bond acceptors (Lipinski definition) is 5. The summed E-state index contributed by atoms with van der Waals surface area (Å²) in [4.78, 5) is 13.1. The number of benzene rings is 1. The first-order chi connectivity index (χ1) is 9.10. The molecule has 0 fully saturated rings. The number of hydrogen-bond donors (Lipinski definition) is 0. The summed E-state index contributed by atoms with van der Waals surface area (Å²) in [6.45, 7) is 1.30. The number of carbonyl (C=O) groups is 1. The Morgan fingerprint density at radius 1 is 1.42 bits per heavy atom. The fraction of sp³-hybridized carbons (Fsp3) is 0.429. The van der Waals surface area contributed by atoms with Gasteiger partial charge in [-0.3, -0.25) is 4.79 Å². The Kier molecular flexibility index (Phi) is 5.83. The van der Waals surface area contributed by atoms with Crippen molar-refractivity contribution >= 4 is 5.97 Å². The van der Waals surface area contributed by atoms with Crippen LogP contribution in [-0.2, 0) is 16.1 Å². The van der Waals surface area contributed by atoms with E-state index in [0.717, 1.165) is 5.56 Å². The highest BCUT2D eigenvalue weighted by atomic mass is 16.5. The van der Waals surface area contributed by atoms with E-state index in [1.54, 1.807) is 13.2 Å². The fourth-order valence-corrected chi connectivity index (χ4v) is 1.70. The summed E-state index contributed by atoms with van der Waals surface area (Å²) >= 11 is 0. The third kappa shape index (κ3) is 4.60. The van der Waals surface area contributed by atoms with Gasteiger partial charge in [0.1, 0.15) is 11.8 Å². The monoisotopic (exact) mass is 262 g/mol. The summed E-state index contributed by atoms with van der Waals surface area (Å²) in [6, 6.07) is 7.54. The highest BCUT2D eigenvalue weighted by Gasteiger charge is 2.07. The SMILES string of the molecule is COC(=O)CCN(C)Cc1ccc(C#N)c(OC)c1. The van der Waals surface area contributed by atoms with Crippen molar-refractivity contribution in [2.45, 2.75) is 13.0 Å². The lowest BCUT2D eigenvalue weighted by Crippen LogP contribution is -2.21. The van der Waals surface area contributed by atoms with Gasteiger partial charge in [-0.2, -0.15) is 5.26 Å². The van der Waals surface area contributed by atoms with Crippen molar-refractivity contribution < 1.29 is 14.3 Å². The first-order valence-corrected chi connectivity index (χ1v) is 5.93. The first-order valence-electron chi connectivity index (χ1n) is 5.93. The van der Waals surface area contributed by atoms with Crippen molar-refractivity contribution in [3.8, 4) is 11.8 Å². The quantitative estimate of drug-likeness (QED) is 0.728. The number of nitriles is 1. The predicted octanol–water partition coefficient (Wildman–Crippen LogP) is 1.56. The smallest absolute Gasteiger partial charge is 0.306 e. The summed E-state index contributed by atoms with van der Waals surface area (Å²) in [6.07, 6.45) is 0.362. The van der Waals surface area contributed by atoms with E-state index >= 15 is 0 Å². The van der Waals surface area contributed by atoms with Gasteiger partial charge in [-0.15, -0.1) is 0 Å². The highest BCUT2D eigenvalue weighted by Crippen LogP contribution is 2.20. The Bertz CT molecular complexity index is 480. The molecule has 0 spiro atoms. The molecule has 0 aliphatic carbocycles. The van der Waals surface area contributed by atoms with Crippen LogP contribution in [0.25, 0.3) is 0 Å². The summed E-state index contributed by atoms with van der Waals surface area (Å²) < 4.78 is 9.75. The van der Waals surface area contributed by atoms with E-state index in [9.17, 15) is 4.79 Å². The maximum Gasteiger partial charge on any atom is 0.306 e. The van der Waals surface area contributed by atoms with E-state index < -0.39 is 0 Å². The molecule has 1 rings (SSSR count). The van der Waals surface area contributed by atoms with Crippen LogP contribution in [0.5, 0.6) is 5.75 Å². The minimum Gasteiger partial charge on any atom is -0.495 e. The molecule has 0 saturated carbocycles. The van der Waals surface area contributed by atoms with Gasteiger partial charge in [-0.25, -0.2) is 0 Å². The average molecular weight is 262 g/mol. The van der Waals surface area contributed by atoms with Crippen LogP contribution in [0.1, 0.15) is 17.5 Å². The van der Waals surface area contributed by atoms with Crippen LogP contribution in [0, 0.1) is 11.3 Å². The maximum atomic E-state index is 11.0. The molecule has 102 valence electrons. The molecule has 0 aromatic heterocycles. The van der Waals surface area contributed by atoms with Gasteiger partial charge in [0, 0.05) is 13.1 Å². The second-order valence-corrected chi connectivity index (χ2v) is 4.21. The minimum absolute atomic E-state index is 0.218. The maximum absolute atomic E-state index is 11.0. The number of ether oxygens (including phenoxy) is 2. The Morgan fingerprint density at radius 2 is 2.16 bits per heavy atom. The molecule has 0 saturated heterocycles. The number of rotatable bonds is 6. The summed E-state index contributed by atoms with van der Waals surface area (Å²) in [5.74, 6) is 0.352. The van der Waals surface area contributed by atoms with Gasteiger partial charge in [0.05, 0.1) is 26.2 Å². The van der Waals surface area contributed by atoms with Crippen molar-refractivity contribution in [3.63, 3.8) is 0 Å². The zero-order valence-corrected chi connectivity index (χ0v) is 11.5. The molecule has 0 bridgehead atoms. The third-order valence-corrected chi connectivity index (χ3v) is 2.76. The average Bonchev–Trinajstić information content (AvgIpc) is 2.44. The van der Waals surface area contributed by atoms with E-state index in [1.807, 2.05) is 24.1 Å². The minimum atomic E-state index is -0.218. The Labute approximate surface area is 113 Å². The number of methoxy groups -OCH3 is 2. The zero-order chi connectivity index (χ0) is 14.3. The Balaban J connectivity index is 2.62. The van der Waals surface area contributed by atoms with Crippen LogP contribution in [0.15, 0.2) is 18.2 Å². The lowest BCUT2D eigenvalue weighted by molar-refractivity contribution is -0.140. The molecule has 0 heterocycles. The molecule has 0 N–H and O–H groups in total. The van der Waals surface area contributed by atoms with Crippen LogP contribution in [0.2, 0.25) is 0 Å². The van der Waals surface area contributed by atoms with E-state index in [0.29, 0.717) is 30.8 Å². The van der Waals surface area contributed by atoms with Crippen LogP contribution in [-0.4, -0.2) is 38.7 Å². The van der Waals surface area contributed by atoms with E-state index in [1.165, 1.54) is 7.11 Å². The van der Waals surface area contributed by atoms with Crippen LogP contribution in [0.4, 0.5) is 0 Å². The molecule has 5 heteroatoms. The fourth-order valence-electron chi connectivity index (χ4n) is 1.70. The normalized spacial score (nSPS) is 10.1. The Morgan fingerprint density at radius 3 is 2.74 bits per heavy atom. The highest BCUT2D eigenvalue weighted by molar-refractivity contribution is 5.69. The van der Waals surface area contributed by atoms with E-state index in [-0.39, 0.29) is 5.97 Å². The molecule has 0 aliphatic heterocycles. The van der Waals surface area contributed by atoms with Crippen molar-refractivity contribution in [3.05, 3.63) is 29.3 Å². The lowest BCUT2D eigenvalue weighted by Gasteiger charge is -2.16. The van der Waals surface area contributed by atoms with Crippen molar-refractivity contribution in [2.24, 2.45) is 0 Å². The Hall–Kier alpha value is -2.06. The number of nitrogens with zero attached hydrogens (tertiary/aromatic N) is 2. The van der Waals surface area contributed by atoms with Gasteiger partial charge < -0.3 is 14.4 Å². The molecule has 5 nitrogen and oxygen atoms in total. The van der Waals surface area contributed by atoms with Gasteiger partial charge in [-0.05, 0) is 24.7 Å². The van der Waals surface area contributed by atoms with Crippen molar-refractivity contribution in [1.29, 1.82) is 5.26 Å². The lowest BCUT2D eigenvalue weighted by atomic mass is 10.1. The van der Waals surface area contributed by atoms with Gasteiger partial charge in [0.15, 0.2) is 0 Å². The second kappa shape index (κ2) is 7.39. The number of esters is 1. The van der Waals surface area contributed by atoms with Gasteiger partial charge in [0.2, 0.25) is 0 Å². The molecule has 0 amide bonds. The molecule has 0 unspecified atom stereocenters. The topological polar surface area (TPSA) is 62.6 Å². The van der Waals surface area contributed by atoms with Gasteiger partial charge in [-0.1, -0.05) is 6.07 Å². The third-order valence-electron chi connectivity index (χ3n) is 2.76. The van der Waals surface area contributed by atoms with Crippen LogP contribution < -0.4 is 4.74 Å². The molecular weight excluding hydrogens is 244 g/mol. The summed E-state index contributed by atoms with van der Waals surface area (Å²) in [5.41, 5.74) is 1.55. The van der Waals surface area contributed by atoms with Crippen LogP contribution >= 0.6 is 0 Å². The zero-order valence-electron chi connectivity index (χ0n) is 11.5. The van der Waals surface area contributed by atoms with Crippen molar-refractivity contribution in [2.75, 3.05) is 27.8 Å². The van der Waals surface area contributed by atoms with E-state index in [4.69, 9.17) is 10.00 Å². The molecule has 1 aromatic carbocycles. The second-order valence-electron chi connectivity index (χ2n) is 4.21. The van der Waals surface area contributed by atoms with Gasteiger partial charge in [0.25, 0.3) is 0 Å². The molecule has 0 aliphatic rings. The van der Waals surface area contributed by atoms with Gasteiger partial charge >= 0.3 is 5.97 Å². The molecule has 19 heavy (non-hydrogen) atoms. The molecule has 1 aromatic rings. The van der Waals surface area contributed by atoms with Crippen molar-refractivity contribution in [1.82, 2.24) is 4.90 Å². The summed E-state index contributed by atoms with van der Waals surface area (Å²) in [7, 11) is 4.85.